The maximum atomic E-state index is 7.57. The molecule has 0 atom stereocenters. The summed E-state index contributed by atoms with van der Waals surface area (Å²) in [6.45, 7) is 1.93. The number of hydrogen-bond donors (Lipinski definition) is 1. The number of halogens is 2. The van der Waals surface area contributed by atoms with Gasteiger partial charge in [0.15, 0.2) is 0 Å². The molecule has 0 radical (unpaired) electrons. The molecule has 0 heterocycles. The molecule has 10 heteroatoms. The van der Waals surface area contributed by atoms with Crippen LogP contribution in [0.1, 0.15) is 6.92 Å². The molecule has 0 aliphatic heterocycles. The van der Waals surface area contributed by atoms with Crippen molar-refractivity contribution in [1.29, 1.82) is 0 Å². The first-order valence-electron chi connectivity index (χ1n) is 1.02. The quantitative estimate of drug-likeness (QED) is 0.407. The molecule has 0 aromatic carbocycles. The molecule has 0 bridgehead atoms. The maximum Gasteiger partial charge on any atom is 2.00 e. The molecule has 0 fully saturated rings. The first-order chi connectivity index (χ1) is 1.41. The van der Waals surface area contributed by atoms with E-state index in [4.69, 9.17) is 5.11 Å². The SMILES string of the molecule is CCO.O.O.O.O.O.O.[Cl-].[Cl-].[Mg+2]. The second-order valence-corrected chi connectivity index (χ2v) is 0.316. The van der Waals surface area contributed by atoms with E-state index in [9.17, 15) is 0 Å². The largest absolute Gasteiger partial charge is 2.00 e. The summed E-state index contributed by atoms with van der Waals surface area (Å²) in [5, 5.41) is 7.57. The summed E-state index contributed by atoms with van der Waals surface area (Å²) in [6.07, 6.45) is 0. The van der Waals surface area contributed by atoms with Crippen LogP contribution in [0, 0.1) is 0 Å². The van der Waals surface area contributed by atoms with Gasteiger partial charge in [0.2, 0.25) is 0 Å². The smallest absolute Gasteiger partial charge is 1.00 e. The Balaban J connectivity index is -0.000000000556. The molecule has 0 aliphatic carbocycles. The summed E-state index contributed by atoms with van der Waals surface area (Å²) >= 11 is 0. The summed E-state index contributed by atoms with van der Waals surface area (Å²) in [5.74, 6) is 0. The fourth-order valence-electron chi connectivity index (χ4n) is 0. The molecule has 0 amide bonds. The summed E-state index contributed by atoms with van der Waals surface area (Å²) in [6, 6.07) is 0. The third-order valence-corrected chi connectivity index (χ3v) is 0. The normalized spacial score (nSPS) is 1.50. The Morgan fingerprint density at radius 3 is 0.750 bits per heavy atom. The van der Waals surface area contributed by atoms with Gasteiger partial charge < -0.3 is 62.8 Å². The van der Waals surface area contributed by atoms with Gasteiger partial charge in [-0.2, -0.15) is 0 Å². The Morgan fingerprint density at radius 2 is 0.750 bits per heavy atom. The van der Waals surface area contributed by atoms with Crippen molar-refractivity contribution in [3.63, 3.8) is 0 Å². The standard InChI is InChI=1S/C2H6O.2ClH.Mg.6H2O/c1-2-3;;;;;;;;;/h3H,2H2,1H3;2*1H;;6*1H2/q;;;+2;;;;;;/p-2. The van der Waals surface area contributed by atoms with Crippen LogP contribution in [-0.4, -0.2) is 67.6 Å². The van der Waals surface area contributed by atoms with Crippen LogP contribution in [0.4, 0.5) is 0 Å². The van der Waals surface area contributed by atoms with Crippen molar-refractivity contribution in [2.24, 2.45) is 0 Å². The molecule has 84 valence electrons. The van der Waals surface area contributed by atoms with E-state index in [0.717, 1.165) is 0 Å². The van der Waals surface area contributed by atoms with E-state index >= 15 is 0 Å². The van der Waals surface area contributed by atoms with Crippen LogP contribution in [0.5, 0.6) is 0 Å². The summed E-state index contributed by atoms with van der Waals surface area (Å²) in [5.41, 5.74) is 0. The van der Waals surface area contributed by atoms with Crippen LogP contribution >= 0.6 is 0 Å². The Labute approximate surface area is 99.4 Å². The van der Waals surface area contributed by atoms with E-state index < -0.39 is 0 Å². The summed E-state index contributed by atoms with van der Waals surface area (Å²) < 4.78 is 0. The number of aliphatic hydroxyl groups is 1. The van der Waals surface area contributed by atoms with Gasteiger partial charge in [0.1, 0.15) is 0 Å². The minimum atomic E-state index is 0. The van der Waals surface area contributed by atoms with Crippen molar-refractivity contribution in [2.45, 2.75) is 6.92 Å². The van der Waals surface area contributed by atoms with E-state index in [1.807, 2.05) is 0 Å². The zero-order chi connectivity index (χ0) is 2.71. The minimum Gasteiger partial charge on any atom is -1.00 e. The Hall–Kier alpha value is 1.07. The fraction of sp³-hybridized carbons (Fsp3) is 1.00. The molecular weight excluding hydrogens is 231 g/mol. The summed E-state index contributed by atoms with van der Waals surface area (Å²) in [7, 11) is 0. The zero-order valence-electron chi connectivity index (χ0n) is 6.62. The van der Waals surface area contributed by atoms with Gasteiger partial charge in [-0.3, -0.25) is 0 Å². The fourth-order valence-corrected chi connectivity index (χ4v) is 0. The van der Waals surface area contributed by atoms with Gasteiger partial charge in [0.05, 0.1) is 0 Å². The molecule has 0 aromatic rings. The van der Waals surface area contributed by atoms with Crippen LogP contribution in [0.25, 0.3) is 0 Å². The van der Waals surface area contributed by atoms with Crippen LogP contribution in [0.2, 0.25) is 0 Å². The average Bonchev–Trinajstić information content (AvgIpc) is 0.918. The third kappa shape index (κ3) is 986. The molecule has 0 aliphatic rings. The predicted octanol–water partition coefficient (Wildman–Crippen LogP) is -11.3. The van der Waals surface area contributed by atoms with Crippen molar-refractivity contribution >= 4 is 23.1 Å². The molecule has 0 unspecified atom stereocenters. The second-order valence-electron chi connectivity index (χ2n) is 0.316. The third-order valence-electron chi connectivity index (χ3n) is 0. The van der Waals surface area contributed by atoms with Gasteiger partial charge in [-0.25, -0.2) is 0 Å². The molecule has 0 saturated heterocycles. The van der Waals surface area contributed by atoms with E-state index in [-0.39, 0.29) is 87.3 Å². The molecule has 7 nitrogen and oxygen atoms in total. The van der Waals surface area contributed by atoms with Crippen molar-refractivity contribution in [2.75, 3.05) is 6.61 Å². The van der Waals surface area contributed by atoms with Crippen molar-refractivity contribution in [3.05, 3.63) is 0 Å². The van der Waals surface area contributed by atoms with E-state index in [0.29, 0.717) is 0 Å². The maximum absolute atomic E-state index is 7.57. The van der Waals surface area contributed by atoms with E-state index in [1.165, 1.54) is 0 Å². The number of hydrogen-bond acceptors (Lipinski definition) is 1. The Kier molecular flexibility index (Phi) is 5840. The molecule has 0 rings (SSSR count). The van der Waals surface area contributed by atoms with Gasteiger partial charge in [-0.1, -0.05) is 0 Å². The van der Waals surface area contributed by atoms with Crippen LogP contribution in [-0.2, 0) is 0 Å². The van der Waals surface area contributed by atoms with Crippen LogP contribution in [0.3, 0.4) is 0 Å². The average molecular weight is 249 g/mol. The first-order valence-corrected chi connectivity index (χ1v) is 1.02. The monoisotopic (exact) mass is 248 g/mol. The van der Waals surface area contributed by atoms with Crippen molar-refractivity contribution in [3.8, 4) is 0 Å². The minimum absolute atomic E-state index is 0. The summed E-state index contributed by atoms with van der Waals surface area (Å²) in [4.78, 5) is 0. The second kappa shape index (κ2) is 346. The van der Waals surface area contributed by atoms with Crippen molar-refractivity contribution in [1.82, 2.24) is 0 Å². The first kappa shape index (κ1) is 202. The Morgan fingerprint density at radius 1 is 0.750 bits per heavy atom. The van der Waals surface area contributed by atoms with Crippen LogP contribution in [0.15, 0.2) is 0 Å². The van der Waals surface area contributed by atoms with Gasteiger partial charge >= 0.3 is 23.1 Å². The molecule has 0 saturated carbocycles. The van der Waals surface area contributed by atoms with Crippen LogP contribution < -0.4 is 24.8 Å². The topological polar surface area (TPSA) is 209 Å². The predicted molar refractivity (Wildman–Crippen MR) is 40.2 cm³/mol. The number of aliphatic hydroxyl groups excluding tert-OH is 1. The molecule has 0 aromatic heterocycles. The van der Waals surface area contributed by atoms with Gasteiger partial charge in [-0.05, 0) is 6.92 Å². The van der Waals surface area contributed by atoms with Gasteiger partial charge in [0.25, 0.3) is 0 Å². The molecule has 12 heavy (non-hydrogen) atoms. The number of rotatable bonds is 0. The molecule has 0 spiro atoms. The van der Waals surface area contributed by atoms with Crippen molar-refractivity contribution < 1.29 is 62.8 Å². The molecular formula is C2H18Cl2MgO7. The Bertz CT molecular complexity index is 19.4. The van der Waals surface area contributed by atoms with Gasteiger partial charge in [0, 0.05) is 6.61 Å². The molecule has 13 N–H and O–H groups in total. The van der Waals surface area contributed by atoms with E-state index in [1.54, 1.807) is 6.92 Å². The zero-order valence-corrected chi connectivity index (χ0v) is 9.54. The van der Waals surface area contributed by atoms with Gasteiger partial charge in [-0.15, -0.1) is 0 Å². The van der Waals surface area contributed by atoms with E-state index in [2.05, 4.69) is 0 Å².